The first-order chi connectivity index (χ1) is 9.36. The van der Waals surface area contributed by atoms with E-state index in [9.17, 15) is 18.0 Å². The molecule has 1 unspecified atom stereocenters. The molecular weight excluding hydrogens is 308 g/mol. The molecule has 1 heterocycles. The second kappa shape index (κ2) is 7.33. The zero-order valence-corrected chi connectivity index (χ0v) is 11.9. The third kappa shape index (κ3) is 4.89. The Kier molecular flexibility index (Phi) is 6.07. The molecule has 8 nitrogen and oxygen atoms in total. The van der Waals surface area contributed by atoms with Crippen LogP contribution in [-0.2, 0) is 19.6 Å². The summed E-state index contributed by atoms with van der Waals surface area (Å²) < 4.78 is 25.8. The number of hydrogen-bond donors (Lipinski definition) is 4. The first kappa shape index (κ1) is 16.6. The summed E-state index contributed by atoms with van der Waals surface area (Å²) in [5.74, 6) is -2.03. The molecule has 112 valence electrons. The fraction of sp³-hybridized carbons (Fsp3) is 0.400. The van der Waals surface area contributed by atoms with E-state index >= 15 is 0 Å². The number of nitrogens with one attached hydrogen (secondary N) is 2. The third-order valence-corrected chi connectivity index (χ3v) is 5.08. The monoisotopic (exact) mass is 322 g/mol. The summed E-state index contributed by atoms with van der Waals surface area (Å²) in [6, 6.07) is 1.63. The van der Waals surface area contributed by atoms with Crippen molar-refractivity contribution in [1.82, 2.24) is 10.0 Å². The van der Waals surface area contributed by atoms with Crippen molar-refractivity contribution in [3.05, 3.63) is 17.5 Å². The molecule has 0 bridgehead atoms. The van der Waals surface area contributed by atoms with Gasteiger partial charge in [-0.3, -0.25) is 4.79 Å². The average Bonchev–Trinajstić information content (AvgIpc) is 2.89. The van der Waals surface area contributed by atoms with Gasteiger partial charge >= 0.3 is 5.97 Å². The number of carbonyl (C=O) groups excluding carboxylic acids is 1. The molecule has 1 atom stereocenters. The van der Waals surface area contributed by atoms with Gasteiger partial charge in [-0.15, -0.1) is 11.3 Å². The first-order valence-electron chi connectivity index (χ1n) is 5.53. The number of sulfonamides is 1. The van der Waals surface area contributed by atoms with Crippen LogP contribution in [0.15, 0.2) is 21.7 Å². The van der Waals surface area contributed by atoms with Crippen LogP contribution in [0.5, 0.6) is 0 Å². The van der Waals surface area contributed by atoms with Gasteiger partial charge in [0, 0.05) is 13.0 Å². The van der Waals surface area contributed by atoms with Gasteiger partial charge in [-0.1, -0.05) is 6.07 Å². The number of rotatable bonds is 8. The molecule has 4 N–H and O–H groups in total. The summed E-state index contributed by atoms with van der Waals surface area (Å²) in [7, 11) is -3.64. The van der Waals surface area contributed by atoms with Crippen molar-refractivity contribution >= 4 is 33.2 Å². The number of carboxylic acid groups (broad SMARTS) is 1. The topological polar surface area (TPSA) is 133 Å². The Morgan fingerprint density at radius 1 is 1.40 bits per heavy atom. The van der Waals surface area contributed by atoms with Crippen LogP contribution in [0.1, 0.15) is 6.42 Å². The number of hydrogen-bond acceptors (Lipinski definition) is 6. The molecule has 0 aliphatic carbocycles. The number of amides is 1. The average molecular weight is 322 g/mol. The fourth-order valence-electron chi connectivity index (χ4n) is 1.24. The second-order valence-corrected chi connectivity index (χ2v) is 6.66. The molecule has 1 rings (SSSR count). The van der Waals surface area contributed by atoms with Crippen molar-refractivity contribution in [2.24, 2.45) is 0 Å². The van der Waals surface area contributed by atoms with Gasteiger partial charge in [-0.05, 0) is 11.4 Å². The summed E-state index contributed by atoms with van der Waals surface area (Å²) in [5, 5.41) is 21.0. The van der Waals surface area contributed by atoms with Crippen LogP contribution in [0, 0.1) is 0 Å². The molecule has 20 heavy (non-hydrogen) atoms. The second-order valence-electron chi connectivity index (χ2n) is 3.72. The lowest BCUT2D eigenvalue weighted by Crippen LogP contribution is -2.44. The molecule has 1 aromatic heterocycles. The predicted molar refractivity (Wildman–Crippen MR) is 70.8 cm³/mol. The minimum atomic E-state index is -3.64. The normalized spacial score (nSPS) is 12.8. The Morgan fingerprint density at radius 2 is 2.10 bits per heavy atom. The Labute approximate surface area is 119 Å². The van der Waals surface area contributed by atoms with Crippen molar-refractivity contribution < 1.29 is 28.2 Å². The van der Waals surface area contributed by atoms with Crippen LogP contribution in [-0.4, -0.2) is 49.7 Å². The highest BCUT2D eigenvalue weighted by molar-refractivity contribution is 7.91. The first-order valence-corrected chi connectivity index (χ1v) is 7.89. The minimum absolute atomic E-state index is 0.136. The van der Waals surface area contributed by atoms with Gasteiger partial charge in [0.25, 0.3) is 0 Å². The highest BCUT2D eigenvalue weighted by Crippen LogP contribution is 2.14. The maximum absolute atomic E-state index is 11.7. The minimum Gasteiger partial charge on any atom is -0.480 e. The van der Waals surface area contributed by atoms with Crippen molar-refractivity contribution in [3.63, 3.8) is 0 Å². The van der Waals surface area contributed by atoms with E-state index in [4.69, 9.17) is 10.2 Å². The highest BCUT2D eigenvalue weighted by Gasteiger charge is 2.19. The van der Waals surface area contributed by atoms with Crippen molar-refractivity contribution in [2.75, 3.05) is 13.2 Å². The lowest BCUT2D eigenvalue weighted by molar-refractivity contribution is -0.142. The summed E-state index contributed by atoms with van der Waals surface area (Å²) in [6.45, 7) is -0.897. The van der Waals surface area contributed by atoms with Crippen molar-refractivity contribution in [3.8, 4) is 0 Å². The number of thiophene rings is 1. The van der Waals surface area contributed by atoms with Crippen LogP contribution in [0.4, 0.5) is 0 Å². The molecule has 0 radical (unpaired) electrons. The van der Waals surface area contributed by atoms with E-state index < -0.39 is 34.5 Å². The van der Waals surface area contributed by atoms with Crippen LogP contribution < -0.4 is 10.0 Å². The van der Waals surface area contributed by atoms with Gasteiger partial charge in [0.05, 0.1) is 6.61 Å². The number of aliphatic carboxylic acids is 1. The van der Waals surface area contributed by atoms with Gasteiger partial charge in [0.2, 0.25) is 15.9 Å². The molecule has 0 saturated carbocycles. The van der Waals surface area contributed by atoms with E-state index in [2.05, 4.69) is 10.0 Å². The summed E-state index contributed by atoms with van der Waals surface area (Å²) in [4.78, 5) is 21.9. The zero-order chi connectivity index (χ0) is 15.2. The zero-order valence-electron chi connectivity index (χ0n) is 10.3. The van der Waals surface area contributed by atoms with Gasteiger partial charge < -0.3 is 15.5 Å². The summed E-state index contributed by atoms with van der Waals surface area (Å²) in [6.07, 6.45) is -0.228. The molecule has 0 saturated heterocycles. The molecule has 0 aromatic carbocycles. The lowest BCUT2D eigenvalue weighted by Gasteiger charge is -2.11. The van der Waals surface area contributed by atoms with Crippen LogP contribution in [0.25, 0.3) is 0 Å². The number of carbonyl (C=O) groups is 2. The van der Waals surface area contributed by atoms with Crippen LogP contribution >= 0.6 is 11.3 Å². The van der Waals surface area contributed by atoms with Crippen molar-refractivity contribution in [2.45, 2.75) is 16.7 Å². The van der Waals surface area contributed by atoms with Gasteiger partial charge in [-0.25, -0.2) is 17.9 Å². The van der Waals surface area contributed by atoms with Crippen molar-refractivity contribution in [1.29, 1.82) is 0 Å². The van der Waals surface area contributed by atoms with Gasteiger partial charge in [0.15, 0.2) is 0 Å². The SMILES string of the molecule is O=C(CCNS(=O)(=O)c1cccs1)NC(CO)C(=O)O. The molecule has 10 heteroatoms. The molecular formula is C10H14N2O6S2. The Morgan fingerprint density at radius 3 is 2.60 bits per heavy atom. The smallest absolute Gasteiger partial charge is 0.328 e. The Bertz CT molecular complexity index is 554. The van der Waals surface area contributed by atoms with E-state index in [1.165, 1.54) is 6.07 Å². The van der Waals surface area contributed by atoms with Crippen LogP contribution in [0.2, 0.25) is 0 Å². The Hall–Kier alpha value is -1.49. The maximum atomic E-state index is 11.7. The van der Waals surface area contributed by atoms with E-state index in [0.29, 0.717) is 0 Å². The van der Waals surface area contributed by atoms with Gasteiger partial charge in [0.1, 0.15) is 10.3 Å². The maximum Gasteiger partial charge on any atom is 0.328 e. The van der Waals surface area contributed by atoms with E-state index in [1.54, 1.807) is 11.4 Å². The number of aliphatic hydroxyl groups excluding tert-OH is 1. The third-order valence-electron chi connectivity index (χ3n) is 2.22. The molecule has 0 spiro atoms. The van der Waals surface area contributed by atoms with Gasteiger partial charge in [-0.2, -0.15) is 0 Å². The quantitative estimate of drug-likeness (QED) is 0.484. The fourth-order valence-corrected chi connectivity index (χ4v) is 3.31. The summed E-state index contributed by atoms with van der Waals surface area (Å²) >= 11 is 1.05. The van der Waals surface area contributed by atoms with E-state index in [-0.39, 0.29) is 17.2 Å². The lowest BCUT2D eigenvalue weighted by atomic mass is 10.3. The Balaban J connectivity index is 2.41. The van der Waals surface area contributed by atoms with E-state index in [0.717, 1.165) is 11.3 Å². The number of aliphatic hydroxyl groups is 1. The largest absolute Gasteiger partial charge is 0.480 e. The molecule has 1 aromatic rings. The highest BCUT2D eigenvalue weighted by atomic mass is 32.2. The predicted octanol–water partition coefficient (Wildman–Crippen LogP) is -1.02. The molecule has 0 aliphatic heterocycles. The van der Waals surface area contributed by atoms with Crippen LogP contribution in [0.3, 0.4) is 0 Å². The molecule has 1 amide bonds. The molecule has 0 aliphatic rings. The standard InChI is InChI=1S/C10H14N2O6S2/c13-6-7(10(15)16)12-8(14)3-4-11-20(17,18)9-2-1-5-19-9/h1-2,5,7,11,13H,3-4,6H2,(H,12,14)(H,15,16). The van der Waals surface area contributed by atoms with E-state index in [1.807, 2.05) is 0 Å². The molecule has 0 fully saturated rings. The summed E-state index contributed by atoms with van der Waals surface area (Å²) in [5.41, 5.74) is 0. The number of carboxylic acids is 1.